The molecule has 0 bridgehead atoms. The standard InChI is InChI=1S/C23H28ClN3S/c1-5-16(3)27(23(28)25-21-12-9-11-20(24)17(21)4)15-18-14-26(6-2)22-13-8-7-10-19(18)22/h7-14,16H,5-6,15H2,1-4H3,(H,25,28). The lowest BCUT2D eigenvalue weighted by Crippen LogP contribution is -2.40. The van der Waals surface area contributed by atoms with Crippen LogP contribution in [-0.4, -0.2) is 20.6 Å². The molecule has 3 aromatic rings. The number of fused-ring (bicyclic) bond motifs is 1. The molecule has 2 aromatic carbocycles. The Bertz CT molecular complexity index is 979. The highest BCUT2D eigenvalue weighted by Crippen LogP contribution is 2.26. The largest absolute Gasteiger partial charge is 0.347 e. The van der Waals surface area contributed by atoms with Gasteiger partial charge in [0.15, 0.2) is 5.11 Å². The van der Waals surface area contributed by atoms with Crippen LogP contribution in [-0.2, 0) is 13.1 Å². The van der Waals surface area contributed by atoms with E-state index >= 15 is 0 Å². The van der Waals surface area contributed by atoms with Crippen LogP contribution in [0.3, 0.4) is 0 Å². The highest BCUT2D eigenvalue weighted by molar-refractivity contribution is 7.80. The highest BCUT2D eigenvalue weighted by Gasteiger charge is 2.19. The SMILES string of the molecule is CCC(C)N(Cc1cn(CC)c2ccccc12)C(=S)Nc1cccc(Cl)c1C. The Morgan fingerprint density at radius 1 is 1.18 bits per heavy atom. The van der Waals surface area contributed by atoms with Crippen LogP contribution in [0.2, 0.25) is 5.02 Å². The van der Waals surface area contributed by atoms with Crippen LogP contribution in [0, 0.1) is 6.92 Å². The number of anilines is 1. The van der Waals surface area contributed by atoms with Gasteiger partial charge in [0, 0.05) is 46.9 Å². The van der Waals surface area contributed by atoms with E-state index in [0.717, 1.165) is 40.9 Å². The number of nitrogens with zero attached hydrogens (tertiary/aromatic N) is 2. The van der Waals surface area contributed by atoms with Gasteiger partial charge in [0.05, 0.1) is 0 Å². The molecule has 0 aliphatic heterocycles. The third-order valence-corrected chi connectivity index (χ3v) is 6.19. The van der Waals surface area contributed by atoms with Gasteiger partial charge in [-0.3, -0.25) is 0 Å². The predicted molar refractivity (Wildman–Crippen MR) is 125 cm³/mol. The Hall–Kier alpha value is -2.04. The number of hydrogen-bond acceptors (Lipinski definition) is 1. The molecule has 0 spiro atoms. The maximum Gasteiger partial charge on any atom is 0.173 e. The average Bonchev–Trinajstić information content (AvgIpc) is 3.06. The van der Waals surface area contributed by atoms with Crippen molar-refractivity contribution < 1.29 is 0 Å². The quantitative estimate of drug-likeness (QED) is 0.458. The van der Waals surface area contributed by atoms with Gasteiger partial charge < -0.3 is 14.8 Å². The lowest BCUT2D eigenvalue weighted by molar-refractivity contribution is 0.320. The fraction of sp³-hybridized carbons (Fsp3) is 0.348. The molecule has 148 valence electrons. The Labute approximate surface area is 178 Å². The van der Waals surface area contributed by atoms with Gasteiger partial charge in [-0.05, 0) is 68.7 Å². The van der Waals surface area contributed by atoms with E-state index in [4.69, 9.17) is 23.8 Å². The molecular weight excluding hydrogens is 386 g/mol. The Morgan fingerprint density at radius 2 is 1.93 bits per heavy atom. The van der Waals surface area contributed by atoms with Gasteiger partial charge in [-0.15, -0.1) is 0 Å². The highest BCUT2D eigenvalue weighted by atomic mass is 35.5. The average molecular weight is 414 g/mol. The summed E-state index contributed by atoms with van der Waals surface area (Å²) in [6, 6.07) is 14.8. The second kappa shape index (κ2) is 8.97. The first kappa shape index (κ1) is 20.7. The number of para-hydroxylation sites is 1. The smallest absolute Gasteiger partial charge is 0.173 e. The van der Waals surface area contributed by atoms with Gasteiger partial charge in [-0.25, -0.2) is 0 Å². The number of rotatable bonds is 6. The molecule has 0 amide bonds. The fourth-order valence-electron chi connectivity index (χ4n) is 3.47. The summed E-state index contributed by atoms with van der Waals surface area (Å²) in [5.41, 5.74) is 4.54. The molecule has 1 aromatic heterocycles. The van der Waals surface area contributed by atoms with E-state index in [1.807, 2.05) is 25.1 Å². The first-order chi connectivity index (χ1) is 13.5. The lowest BCUT2D eigenvalue weighted by atomic mass is 10.1. The van der Waals surface area contributed by atoms with Crippen molar-refractivity contribution in [1.29, 1.82) is 0 Å². The molecule has 3 nitrogen and oxygen atoms in total. The second-order valence-electron chi connectivity index (χ2n) is 7.19. The summed E-state index contributed by atoms with van der Waals surface area (Å²) in [7, 11) is 0. The maximum atomic E-state index is 6.28. The van der Waals surface area contributed by atoms with Gasteiger partial charge in [0.2, 0.25) is 0 Å². The molecule has 5 heteroatoms. The Balaban J connectivity index is 1.91. The predicted octanol–water partition coefficient (Wildman–Crippen LogP) is 6.62. The van der Waals surface area contributed by atoms with Crippen LogP contribution in [0.1, 0.15) is 38.3 Å². The van der Waals surface area contributed by atoms with Gasteiger partial charge in [-0.2, -0.15) is 0 Å². The molecule has 0 saturated heterocycles. The topological polar surface area (TPSA) is 20.2 Å². The minimum absolute atomic E-state index is 0.322. The molecular formula is C23H28ClN3S. The molecule has 28 heavy (non-hydrogen) atoms. The number of aromatic nitrogens is 1. The van der Waals surface area contributed by atoms with Crippen molar-refractivity contribution in [2.24, 2.45) is 0 Å². The minimum atomic E-state index is 0.322. The van der Waals surface area contributed by atoms with Crippen LogP contribution in [0.25, 0.3) is 10.9 Å². The van der Waals surface area contributed by atoms with Crippen LogP contribution >= 0.6 is 23.8 Å². The second-order valence-corrected chi connectivity index (χ2v) is 7.98. The van der Waals surface area contributed by atoms with Crippen LogP contribution in [0.4, 0.5) is 5.69 Å². The molecule has 1 atom stereocenters. The summed E-state index contributed by atoms with van der Waals surface area (Å²) in [6.45, 7) is 10.3. The van der Waals surface area contributed by atoms with Crippen molar-refractivity contribution in [3.63, 3.8) is 0 Å². The van der Waals surface area contributed by atoms with Crippen molar-refractivity contribution in [1.82, 2.24) is 9.47 Å². The number of thiocarbonyl (C=S) groups is 1. The fourth-order valence-corrected chi connectivity index (χ4v) is 4.00. The zero-order chi connectivity index (χ0) is 20.3. The van der Waals surface area contributed by atoms with E-state index < -0.39 is 0 Å². The third-order valence-electron chi connectivity index (χ3n) is 5.45. The van der Waals surface area contributed by atoms with E-state index in [0.29, 0.717) is 6.04 Å². The monoisotopic (exact) mass is 413 g/mol. The molecule has 1 unspecified atom stereocenters. The maximum absolute atomic E-state index is 6.28. The summed E-state index contributed by atoms with van der Waals surface area (Å²) in [4.78, 5) is 2.28. The molecule has 0 saturated carbocycles. The molecule has 1 N–H and O–H groups in total. The van der Waals surface area contributed by atoms with Gasteiger partial charge >= 0.3 is 0 Å². The zero-order valence-corrected chi connectivity index (χ0v) is 18.6. The van der Waals surface area contributed by atoms with E-state index in [1.165, 1.54) is 16.5 Å². The van der Waals surface area contributed by atoms with E-state index in [9.17, 15) is 0 Å². The lowest BCUT2D eigenvalue weighted by Gasteiger charge is -2.31. The first-order valence-electron chi connectivity index (χ1n) is 9.85. The summed E-state index contributed by atoms with van der Waals surface area (Å²) in [6.07, 6.45) is 3.27. The molecule has 0 radical (unpaired) electrons. The van der Waals surface area contributed by atoms with Crippen molar-refractivity contribution in [2.75, 3.05) is 5.32 Å². The normalized spacial score (nSPS) is 12.2. The number of halogens is 1. The van der Waals surface area contributed by atoms with Crippen molar-refractivity contribution in [3.8, 4) is 0 Å². The Morgan fingerprint density at radius 3 is 2.64 bits per heavy atom. The number of nitrogens with one attached hydrogen (secondary N) is 1. The molecule has 0 aliphatic rings. The summed E-state index contributed by atoms with van der Waals surface area (Å²) in [5.74, 6) is 0. The van der Waals surface area contributed by atoms with E-state index in [1.54, 1.807) is 0 Å². The van der Waals surface area contributed by atoms with Gasteiger partial charge in [0.1, 0.15) is 0 Å². The van der Waals surface area contributed by atoms with Crippen LogP contribution in [0.15, 0.2) is 48.7 Å². The van der Waals surface area contributed by atoms with Gasteiger partial charge in [0.25, 0.3) is 0 Å². The van der Waals surface area contributed by atoms with E-state index in [2.05, 4.69) is 66.0 Å². The Kier molecular flexibility index (Phi) is 6.63. The molecule has 0 aliphatic carbocycles. The summed E-state index contributed by atoms with van der Waals surface area (Å²) >= 11 is 12.1. The molecule has 0 fully saturated rings. The summed E-state index contributed by atoms with van der Waals surface area (Å²) in [5, 5.41) is 6.19. The van der Waals surface area contributed by atoms with Crippen molar-refractivity contribution >= 4 is 45.5 Å². The van der Waals surface area contributed by atoms with Crippen molar-refractivity contribution in [3.05, 3.63) is 64.8 Å². The first-order valence-corrected chi connectivity index (χ1v) is 10.6. The molecule has 3 rings (SSSR count). The van der Waals surface area contributed by atoms with Crippen LogP contribution < -0.4 is 5.32 Å². The number of aryl methyl sites for hydroxylation is 1. The zero-order valence-electron chi connectivity index (χ0n) is 17.0. The summed E-state index contributed by atoms with van der Waals surface area (Å²) < 4.78 is 2.30. The minimum Gasteiger partial charge on any atom is -0.347 e. The van der Waals surface area contributed by atoms with E-state index in [-0.39, 0.29) is 0 Å². The van der Waals surface area contributed by atoms with Crippen molar-refractivity contribution in [2.45, 2.75) is 53.2 Å². The van der Waals surface area contributed by atoms with Gasteiger partial charge in [-0.1, -0.05) is 42.8 Å². The molecule has 1 heterocycles. The number of benzene rings is 2. The van der Waals surface area contributed by atoms with Crippen LogP contribution in [0.5, 0.6) is 0 Å². The third kappa shape index (κ3) is 4.18. The number of hydrogen-bond donors (Lipinski definition) is 1.